The summed E-state index contributed by atoms with van der Waals surface area (Å²) in [5.74, 6) is 2.06. The fourth-order valence-electron chi connectivity index (χ4n) is 7.12. The first-order valence-electron chi connectivity index (χ1n) is 19.0. The summed E-state index contributed by atoms with van der Waals surface area (Å²) in [6.07, 6.45) is 7.77. The number of hydrogen-bond acceptors (Lipinski definition) is 2. The molecule has 8 aromatic rings. The Morgan fingerprint density at radius 1 is 0.607 bits per heavy atom. The molecule has 0 saturated heterocycles. The molecule has 0 amide bonds. The summed E-state index contributed by atoms with van der Waals surface area (Å²) < 4.78 is 13.0. The SMILES string of the molecule is CC(C)(C)c1cc(-c2ccccc2)cc(-[n+]2[c-]n(-c3[c-]c(Oc4[c-]c5c(cc4)c4ccccc4n5-c4cc(C(C)(C)C)ccn4)ccc3)c(C(C)(C)C)c2)c1.[Pt]. The molecule has 5 aromatic carbocycles. The topological polar surface area (TPSA) is 35.9 Å². The molecule has 0 bridgehead atoms. The van der Waals surface area contributed by atoms with Gasteiger partial charge in [0.15, 0.2) is 0 Å². The number of nitrogens with zero attached hydrogens (tertiary/aromatic N) is 4. The second kappa shape index (κ2) is 14.7. The molecular formula is C50H48N4OPt-2. The van der Waals surface area contributed by atoms with Crippen LogP contribution in [0.2, 0.25) is 0 Å². The van der Waals surface area contributed by atoms with Gasteiger partial charge in [-0.3, -0.25) is 4.57 Å². The van der Waals surface area contributed by atoms with Crippen molar-refractivity contribution in [2.24, 2.45) is 0 Å². The van der Waals surface area contributed by atoms with E-state index in [1.54, 1.807) is 0 Å². The zero-order chi connectivity index (χ0) is 38.7. The summed E-state index contributed by atoms with van der Waals surface area (Å²) >= 11 is 0. The monoisotopic (exact) mass is 915 g/mol. The van der Waals surface area contributed by atoms with Crippen LogP contribution in [0.15, 0.2) is 128 Å². The maximum atomic E-state index is 6.57. The minimum Gasteiger partial charge on any atom is -0.510 e. The van der Waals surface area contributed by atoms with Gasteiger partial charge in [-0.05, 0) is 79.9 Å². The zero-order valence-corrected chi connectivity index (χ0v) is 35.9. The Hall–Kier alpha value is -5.25. The Labute approximate surface area is 345 Å². The fraction of sp³-hybridized carbons (Fsp3) is 0.240. The Balaban J connectivity index is 0.00000480. The van der Waals surface area contributed by atoms with Crippen LogP contribution in [0, 0.1) is 18.5 Å². The molecule has 0 aliphatic carbocycles. The normalized spacial score (nSPS) is 12.2. The number of aromatic nitrogens is 4. The summed E-state index contributed by atoms with van der Waals surface area (Å²) in [5.41, 5.74) is 9.63. The minimum absolute atomic E-state index is 0. The molecule has 0 aliphatic heterocycles. The molecule has 6 heteroatoms. The summed E-state index contributed by atoms with van der Waals surface area (Å²) in [5, 5.41) is 2.24. The van der Waals surface area contributed by atoms with Gasteiger partial charge in [-0.25, -0.2) is 4.98 Å². The Morgan fingerprint density at radius 3 is 2.05 bits per heavy atom. The van der Waals surface area contributed by atoms with Crippen molar-refractivity contribution in [2.45, 2.75) is 78.6 Å². The predicted octanol–water partition coefficient (Wildman–Crippen LogP) is 12.0. The summed E-state index contributed by atoms with van der Waals surface area (Å²) in [6, 6.07) is 47.4. The molecule has 0 atom stereocenters. The van der Waals surface area contributed by atoms with Crippen molar-refractivity contribution in [3.8, 4) is 39.8 Å². The average Bonchev–Trinajstić information content (AvgIpc) is 3.75. The molecule has 0 aliphatic rings. The largest absolute Gasteiger partial charge is 0.510 e. The molecule has 0 radical (unpaired) electrons. The van der Waals surface area contributed by atoms with Gasteiger partial charge in [-0.1, -0.05) is 122 Å². The molecule has 286 valence electrons. The molecule has 3 aromatic heterocycles. The molecule has 3 heterocycles. The number of fused-ring (bicyclic) bond motifs is 3. The van der Waals surface area contributed by atoms with Gasteiger partial charge in [0.25, 0.3) is 6.33 Å². The van der Waals surface area contributed by atoms with E-state index in [1.165, 1.54) is 22.3 Å². The van der Waals surface area contributed by atoms with Crippen molar-refractivity contribution in [2.75, 3.05) is 0 Å². The number of para-hydroxylation sites is 1. The zero-order valence-electron chi connectivity index (χ0n) is 33.6. The summed E-state index contributed by atoms with van der Waals surface area (Å²) in [4.78, 5) is 4.83. The number of hydrogen-bond donors (Lipinski definition) is 0. The van der Waals surface area contributed by atoms with E-state index in [-0.39, 0.29) is 37.3 Å². The van der Waals surface area contributed by atoms with Crippen LogP contribution < -0.4 is 9.30 Å². The first-order chi connectivity index (χ1) is 26.1. The van der Waals surface area contributed by atoms with Gasteiger partial charge in [0.1, 0.15) is 5.82 Å². The van der Waals surface area contributed by atoms with Gasteiger partial charge in [-0.2, -0.15) is 18.2 Å². The minimum atomic E-state index is -0.180. The Kier molecular flexibility index (Phi) is 10.2. The van der Waals surface area contributed by atoms with E-state index in [9.17, 15) is 0 Å². The van der Waals surface area contributed by atoms with E-state index in [0.29, 0.717) is 11.5 Å². The van der Waals surface area contributed by atoms with Crippen molar-refractivity contribution < 1.29 is 30.4 Å². The molecule has 0 saturated carbocycles. The van der Waals surface area contributed by atoms with Crippen LogP contribution in [0.25, 0.3) is 50.1 Å². The van der Waals surface area contributed by atoms with E-state index in [2.05, 4.69) is 198 Å². The number of pyridine rings is 1. The molecule has 0 N–H and O–H groups in total. The quantitative estimate of drug-likeness (QED) is 0.123. The van der Waals surface area contributed by atoms with Crippen LogP contribution in [0.3, 0.4) is 0 Å². The molecule has 5 nitrogen and oxygen atoms in total. The molecule has 56 heavy (non-hydrogen) atoms. The van der Waals surface area contributed by atoms with Crippen molar-refractivity contribution in [1.82, 2.24) is 14.1 Å². The van der Waals surface area contributed by atoms with E-state index in [4.69, 9.17) is 9.72 Å². The van der Waals surface area contributed by atoms with Crippen LogP contribution in [-0.2, 0) is 37.3 Å². The molecular weight excluding hydrogens is 868 g/mol. The second-order valence-corrected chi connectivity index (χ2v) is 17.5. The van der Waals surface area contributed by atoms with Crippen molar-refractivity contribution >= 4 is 21.8 Å². The first kappa shape index (κ1) is 39.0. The van der Waals surface area contributed by atoms with E-state index >= 15 is 0 Å². The summed E-state index contributed by atoms with van der Waals surface area (Å²) in [6.45, 7) is 20.1. The van der Waals surface area contributed by atoms with Crippen LogP contribution in [0.4, 0.5) is 0 Å². The molecule has 8 rings (SSSR count). The van der Waals surface area contributed by atoms with Crippen LogP contribution in [-0.4, -0.2) is 14.1 Å². The van der Waals surface area contributed by atoms with Crippen LogP contribution >= 0.6 is 0 Å². The third-order valence-corrected chi connectivity index (χ3v) is 10.2. The molecule has 0 spiro atoms. The Morgan fingerprint density at radius 2 is 1.32 bits per heavy atom. The molecule has 0 unspecified atom stereocenters. The summed E-state index contributed by atoms with van der Waals surface area (Å²) in [7, 11) is 0. The van der Waals surface area contributed by atoms with Gasteiger partial charge < -0.3 is 13.9 Å². The maximum Gasteiger partial charge on any atom is 0.267 e. The van der Waals surface area contributed by atoms with E-state index in [1.807, 2.05) is 24.4 Å². The number of ether oxygens (including phenoxy) is 1. The van der Waals surface area contributed by atoms with Crippen molar-refractivity contribution in [3.63, 3.8) is 0 Å². The van der Waals surface area contributed by atoms with Gasteiger partial charge in [0.05, 0.1) is 11.4 Å². The smallest absolute Gasteiger partial charge is 0.267 e. The van der Waals surface area contributed by atoms with E-state index < -0.39 is 0 Å². The number of rotatable bonds is 6. The predicted molar refractivity (Wildman–Crippen MR) is 224 cm³/mol. The Bertz CT molecular complexity index is 2680. The van der Waals surface area contributed by atoms with Crippen molar-refractivity contribution in [1.29, 1.82) is 0 Å². The maximum absolute atomic E-state index is 6.57. The number of imidazole rings is 1. The van der Waals surface area contributed by atoms with Crippen LogP contribution in [0.5, 0.6) is 11.5 Å². The average molecular weight is 916 g/mol. The van der Waals surface area contributed by atoms with Crippen molar-refractivity contribution in [3.05, 3.63) is 163 Å². The van der Waals surface area contributed by atoms with Gasteiger partial charge >= 0.3 is 0 Å². The second-order valence-electron chi connectivity index (χ2n) is 17.5. The van der Waals surface area contributed by atoms with Gasteiger partial charge in [0.2, 0.25) is 0 Å². The molecule has 0 fully saturated rings. The fourth-order valence-corrected chi connectivity index (χ4v) is 7.12. The first-order valence-corrected chi connectivity index (χ1v) is 19.0. The van der Waals surface area contributed by atoms with E-state index in [0.717, 1.165) is 44.7 Å². The standard InChI is InChI=1S/C50H48N4O.Pt/c1-48(2,3)36-24-25-51-47(29-36)54-44-21-14-13-20-42(44)43-23-22-41(31-45(43)54)55-40-19-15-18-38(30-40)53-33-52(32-46(53)50(7,8)9)39-27-35(34-16-11-10-12-17-34)26-37(28-39)49(4,5)6;/h10-29,32H,1-9H3;/q-2;. The third-order valence-electron chi connectivity index (χ3n) is 10.2. The number of benzene rings is 5. The van der Waals surface area contributed by atoms with Crippen LogP contribution in [0.1, 0.15) is 79.1 Å². The van der Waals surface area contributed by atoms with Gasteiger partial charge in [-0.15, -0.1) is 29.7 Å². The third kappa shape index (κ3) is 7.62. The van der Waals surface area contributed by atoms with Gasteiger partial charge in [0, 0.05) is 50.5 Å².